The number of benzene rings is 1. The van der Waals surface area contributed by atoms with Gasteiger partial charge in [0.25, 0.3) is 0 Å². The molecule has 0 saturated carbocycles. The summed E-state index contributed by atoms with van der Waals surface area (Å²) >= 11 is 2.30. The molecule has 0 bridgehead atoms. The van der Waals surface area contributed by atoms with Gasteiger partial charge in [0.1, 0.15) is 0 Å². The highest BCUT2D eigenvalue weighted by atomic mass is 127. The molecule has 1 aromatic carbocycles. The van der Waals surface area contributed by atoms with Gasteiger partial charge in [-0.3, -0.25) is 0 Å². The largest absolute Gasteiger partial charge is 0.383 e. The monoisotopic (exact) mass is 372 g/mol. The molecule has 5 nitrogen and oxygen atoms in total. The fourth-order valence-corrected chi connectivity index (χ4v) is 2.02. The van der Waals surface area contributed by atoms with Crippen molar-refractivity contribution in [3.05, 3.63) is 45.3 Å². The highest BCUT2D eigenvalue weighted by Crippen LogP contribution is 2.08. The van der Waals surface area contributed by atoms with E-state index in [9.17, 15) is 0 Å². The van der Waals surface area contributed by atoms with Crippen molar-refractivity contribution in [2.45, 2.75) is 13.1 Å². The first-order valence-electron chi connectivity index (χ1n) is 6.11. The normalized spacial score (nSPS) is 10.8. The number of hydrogen-bond acceptors (Lipinski definition) is 4. The summed E-state index contributed by atoms with van der Waals surface area (Å²) in [6, 6.07) is 8.42. The Labute approximate surface area is 126 Å². The van der Waals surface area contributed by atoms with E-state index in [0.29, 0.717) is 6.61 Å². The Morgan fingerprint density at radius 1 is 1.32 bits per heavy atom. The van der Waals surface area contributed by atoms with Gasteiger partial charge in [0.2, 0.25) is 0 Å². The van der Waals surface area contributed by atoms with Crippen molar-refractivity contribution in [3.63, 3.8) is 0 Å². The molecule has 1 aromatic heterocycles. The first-order valence-corrected chi connectivity index (χ1v) is 7.19. The van der Waals surface area contributed by atoms with Crippen molar-refractivity contribution in [1.82, 2.24) is 20.3 Å². The second-order valence-corrected chi connectivity index (χ2v) is 5.45. The van der Waals surface area contributed by atoms with Gasteiger partial charge in [-0.15, -0.1) is 5.10 Å². The number of nitrogens with zero attached hydrogens (tertiary/aromatic N) is 3. The standard InChI is InChI=1S/C13H17IN4O/c1-19-7-6-15-8-13-10-18(17-16-13)9-11-2-4-12(14)5-3-11/h2-5,10,15H,6-9H2,1H3. The second-order valence-electron chi connectivity index (χ2n) is 4.20. The molecule has 0 aliphatic rings. The molecule has 0 aliphatic carbocycles. The quantitative estimate of drug-likeness (QED) is 0.594. The lowest BCUT2D eigenvalue weighted by Crippen LogP contribution is -2.18. The molecular weight excluding hydrogens is 355 g/mol. The van der Waals surface area contributed by atoms with Crippen LogP contribution in [0.2, 0.25) is 0 Å². The zero-order valence-corrected chi connectivity index (χ0v) is 13.0. The molecule has 1 heterocycles. The van der Waals surface area contributed by atoms with E-state index in [0.717, 1.165) is 25.3 Å². The fraction of sp³-hybridized carbons (Fsp3) is 0.385. The molecule has 102 valence electrons. The van der Waals surface area contributed by atoms with E-state index in [4.69, 9.17) is 4.74 Å². The molecule has 0 unspecified atom stereocenters. The second kappa shape index (κ2) is 7.56. The first kappa shape index (κ1) is 14.4. The highest BCUT2D eigenvalue weighted by molar-refractivity contribution is 14.1. The fourth-order valence-electron chi connectivity index (χ4n) is 1.66. The summed E-state index contributed by atoms with van der Waals surface area (Å²) in [7, 11) is 1.69. The maximum absolute atomic E-state index is 4.97. The molecule has 0 saturated heterocycles. The summed E-state index contributed by atoms with van der Waals surface area (Å²) in [5, 5.41) is 11.5. The van der Waals surface area contributed by atoms with Crippen LogP contribution >= 0.6 is 22.6 Å². The van der Waals surface area contributed by atoms with Gasteiger partial charge in [0.15, 0.2) is 0 Å². The van der Waals surface area contributed by atoms with Gasteiger partial charge in [-0.1, -0.05) is 17.3 Å². The average molecular weight is 372 g/mol. The third-order valence-corrected chi connectivity index (χ3v) is 3.35. The molecule has 0 aliphatic heterocycles. The first-order chi connectivity index (χ1) is 9.28. The van der Waals surface area contributed by atoms with Crippen molar-refractivity contribution >= 4 is 22.6 Å². The smallest absolute Gasteiger partial charge is 0.0964 e. The van der Waals surface area contributed by atoms with Crippen LogP contribution in [0.15, 0.2) is 30.5 Å². The Hall–Kier alpha value is -0.990. The van der Waals surface area contributed by atoms with E-state index in [2.05, 4.69) is 62.5 Å². The van der Waals surface area contributed by atoms with Crippen LogP contribution < -0.4 is 5.32 Å². The summed E-state index contributed by atoms with van der Waals surface area (Å²) in [6.07, 6.45) is 1.97. The Morgan fingerprint density at radius 3 is 2.84 bits per heavy atom. The van der Waals surface area contributed by atoms with Crippen molar-refractivity contribution < 1.29 is 4.74 Å². The van der Waals surface area contributed by atoms with Gasteiger partial charge in [-0.25, -0.2) is 4.68 Å². The van der Waals surface area contributed by atoms with Crippen LogP contribution in [-0.2, 0) is 17.8 Å². The van der Waals surface area contributed by atoms with E-state index in [1.54, 1.807) is 7.11 Å². The molecule has 0 spiro atoms. The third kappa shape index (κ3) is 4.88. The van der Waals surface area contributed by atoms with Gasteiger partial charge in [-0.05, 0) is 40.3 Å². The zero-order chi connectivity index (χ0) is 13.5. The van der Waals surface area contributed by atoms with Crippen molar-refractivity contribution in [3.8, 4) is 0 Å². The lowest BCUT2D eigenvalue weighted by atomic mass is 10.2. The summed E-state index contributed by atoms with van der Waals surface area (Å²) in [6.45, 7) is 3.00. The summed E-state index contributed by atoms with van der Waals surface area (Å²) < 4.78 is 8.06. The van der Waals surface area contributed by atoms with Crippen molar-refractivity contribution in [2.75, 3.05) is 20.3 Å². The van der Waals surface area contributed by atoms with Gasteiger partial charge in [0.05, 0.1) is 25.0 Å². The van der Waals surface area contributed by atoms with Crippen LogP contribution in [0.1, 0.15) is 11.3 Å². The number of ether oxygens (including phenoxy) is 1. The molecule has 2 rings (SSSR count). The topological polar surface area (TPSA) is 52.0 Å². The molecule has 2 aromatic rings. The number of hydrogen-bond donors (Lipinski definition) is 1. The van der Waals surface area contributed by atoms with E-state index in [1.165, 1.54) is 9.13 Å². The maximum Gasteiger partial charge on any atom is 0.0964 e. The Kier molecular flexibility index (Phi) is 5.74. The van der Waals surface area contributed by atoms with E-state index in [-0.39, 0.29) is 0 Å². The lowest BCUT2D eigenvalue weighted by Gasteiger charge is -2.01. The number of methoxy groups -OCH3 is 1. The Morgan fingerprint density at radius 2 is 2.11 bits per heavy atom. The van der Waals surface area contributed by atoms with Crippen LogP contribution in [0.3, 0.4) is 0 Å². The number of aromatic nitrogens is 3. The van der Waals surface area contributed by atoms with Crippen LogP contribution in [0, 0.1) is 3.57 Å². The molecule has 19 heavy (non-hydrogen) atoms. The maximum atomic E-state index is 4.97. The zero-order valence-electron chi connectivity index (χ0n) is 10.8. The van der Waals surface area contributed by atoms with E-state index in [1.807, 2.05) is 10.9 Å². The summed E-state index contributed by atoms with van der Waals surface area (Å²) in [5.74, 6) is 0. The Balaban J connectivity index is 1.85. The predicted molar refractivity (Wildman–Crippen MR) is 81.9 cm³/mol. The van der Waals surface area contributed by atoms with Crippen LogP contribution in [0.5, 0.6) is 0 Å². The molecule has 0 atom stereocenters. The third-order valence-electron chi connectivity index (χ3n) is 2.63. The lowest BCUT2D eigenvalue weighted by molar-refractivity contribution is 0.199. The average Bonchev–Trinajstić information content (AvgIpc) is 2.85. The number of halogens is 1. The van der Waals surface area contributed by atoms with Crippen LogP contribution in [0.25, 0.3) is 0 Å². The molecule has 1 N–H and O–H groups in total. The minimum absolute atomic E-state index is 0.705. The molecule has 0 amide bonds. The molecule has 6 heteroatoms. The van der Waals surface area contributed by atoms with Crippen molar-refractivity contribution in [1.29, 1.82) is 0 Å². The highest BCUT2D eigenvalue weighted by Gasteiger charge is 2.01. The van der Waals surface area contributed by atoms with E-state index < -0.39 is 0 Å². The molecule has 0 fully saturated rings. The summed E-state index contributed by atoms with van der Waals surface area (Å²) in [5.41, 5.74) is 2.17. The molecule has 0 radical (unpaired) electrons. The van der Waals surface area contributed by atoms with Crippen molar-refractivity contribution in [2.24, 2.45) is 0 Å². The van der Waals surface area contributed by atoms with Gasteiger partial charge >= 0.3 is 0 Å². The minimum Gasteiger partial charge on any atom is -0.383 e. The minimum atomic E-state index is 0.705. The Bertz CT molecular complexity index is 498. The van der Waals surface area contributed by atoms with E-state index >= 15 is 0 Å². The van der Waals surface area contributed by atoms with Crippen LogP contribution in [-0.4, -0.2) is 35.3 Å². The van der Waals surface area contributed by atoms with Gasteiger partial charge in [0, 0.05) is 23.8 Å². The van der Waals surface area contributed by atoms with Gasteiger partial charge in [-0.2, -0.15) is 0 Å². The van der Waals surface area contributed by atoms with Crippen LogP contribution in [0.4, 0.5) is 0 Å². The van der Waals surface area contributed by atoms with Gasteiger partial charge < -0.3 is 10.1 Å². The predicted octanol–water partition coefficient (Wildman–Crippen LogP) is 1.67. The SMILES string of the molecule is COCCNCc1cn(Cc2ccc(I)cc2)nn1. The molecular formula is C13H17IN4O. The number of nitrogens with one attached hydrogen (secondary N) is 1. The summed E-state index contributed by atoms with van der Waals surface area (Å²) in [4.78, 5) is 0. The number of rotatable bonds is 7.